The molecule has 0 fully saturated rings. The van der Waals surface area contributed by atoms with Crippen LogP contribution in [0.5, 0.6) is 17.6 Å². The van der Waals surface area contributed by atoms with Crippen LogP contribution in [0.25, 0.3) is 17.1 Å². The normalized spacial score (nSPS) is 7.46. The number of rotatable bonds is 8. The molecule has 6 heterocycles. The molecule has 440 valence electrons. The topological polar surface area (TPSA) is 192 Å². The molecule has 0 bridgehead atoms. The molecule has 22 heteroatoms. The Bertz CT molecular complexity index is 4700. The zero-order valence-corrected chi connectivity index (χ0v) is 56.7. The number of hydrogen-bond donors (Lipinski definition) is 3. The number of nitrogens with zero attached hydrogens (tertiary/aromatic N) is 6. The Balaban J connectivity index is 0.00000111. The predicted molar refractivity (Wildman–Crippen MR) is 362 cm³/mol. The van der Waals surface area contributed by atoms with Crippen molar-refractivity contribution in [1.82, 2.24) is 29.9 Å². The van der Waals surface area contributed by atoms with Crippen molar-refractivity contribution in [1.29, 1.82) is 0 Å². The summed E-state index contributed by atoms with van der Waals surface area (Å²) in [6, 6.07) is 10.2. The van der Waals surface area contributed by atoms with Crippen molar-refractivity contribution in [3.05, 3.63) is 107 Å². The fourth-order valence-corrected chi connectivity index (χ4v) is 5.67. The van der Waals surface area contributed by atoms with Crippen LogP contribution in [-0.2, 0) is 4.74 Å². The standard InChI is InChI=1S/C19H4.C18H2.C12H13N3O3.C11H11N3O3.C10H10BrN3O.Li.H6P4/c1-3-5-7-9-11-13-15-17-19-18-16-14-12-10-8-6-4-2;1-3-5-7-9-11-13-15-17-18-16-14-12-10-8-6-4-2;1-8-6-15(7-13-8)10-5-4-9(12(16)18-3)14-11(10)17-2;1-7-5-14(6-12-7)9-4-3-8(11(15)16)13-10(9)17-2;1-7-5-14(6-12-7)8-3-4-9(11)13-10(8)15-2;;1-4(2)3/h1H,2H3;1-2H;4-7H,1-3H3;3-6H,1-2H3,(H,15,16);3-6H,1-2H3;;1-3H2/q;;;;;+1;/p+2. The molecule has 0 saturated heterocycles. The fraction of sp³-hybridized carbons (Fsp3) is 0.114. The molecule has 0 aromatic carbocycles. The molecule has 92 heavy (non-hydrogen) atoms. The van der Waals surface area contributed by atoms with Gasteiger partial charge in [-0.05, 0) is 256 Å². The maximum atomic E-state index is 11.4. The van der Waals surface area contributed by atoms with Gasteiger partial charge in [-0.2, -0.15) is 13.7 Å². The summed E-state index contributed by atoms with van der Waals surface area (Å²) in [5.41, 5.74) is 5.43. The maximum Gasteiger partial charge on any atom is 1.00 e. The number of carboxylic acid groups (broad SMARTS) is 1. The van der Waals surface area contributed by atoms with Gasteiger partial charge in [-0.3, -0.25) is 0 Å². The summed E-state index contributed by atoms with van der Waals surface area (Å²) < 4.78 is 26.4. The molecule has 3 unspecified atom stereocenters. The number of pyridine rings is 3. The second-order valence-corrected chi connectivity index (χ2v) is 27.6. The number of carbonyl (C=O) groups is 2. The van der Waals surface area contributed by atoms with Gasteiger partial charge < -0.3 is 28.8 Å². The number of hydrogen-bond acceptors (Lipinski definition) is 10. The molecule has 0 amide bonds. The molecule has 3 N–H and O–H groups in total. The molecule has 6 aromatic heterocycles. The Morgan fingerprint density at radius 1 is 0.467 bits per heavy atom. The maximum absolute atomic E-state index is 11.4. The zero-order valence-electron chi connectivity index (χ0n) is 50.8. The van der Waals surface area contributed by atoms with Gasteiger partial charge in [0.05, 0.1) is 40.1 Å². The van der Waals surface area contributed by atoms with E-state index in [1.807, 2.05) is 67.0 Å². The van der Waals surface area contributed by atoms with E-state index >= 15 is 0 Å². The first-order chi connectivity index (χ1) is 44.0. The summed E-state index contributed by atoms with van der Waals surface area (Å²) in [5, 5.41) is 10.7. The summed E-state index contributed by atoms with van der Waals surface area (Å²) in [6.45, 7) is 7.68. The third-order valence-corrected chi connectivity index (χ3v) is 9.27. The average molecular weight is 1340 g/mol. The van der Waals surface area contributed by atoms with E-state index in [-0.39, 0.29) is 43.1 Å². The minimum atomic E-state index is -1.33. The van der Waals surface area contributed by atoms with E-state index in [4.69, 9.17) is 33.5 Å². The first kappa shape index (κ1) is 80.3. The number of carboxylic acids is 1. The number of carbonyl (C=O) groups excluding carboxylic acids is 2. The monoisotopic (exact) mass is 1340 g/mol. The summed E-state index contributed by atoms with van der Waals surface area (Å²) >= 11 is 3.31. The van der Waals surface area contributed by atoms with Gasteiger partial charge >= 0.3 is 24.8 Å². The number of ether oxygens (including phenoxy) is 4. The number of aromatic amines is 3. The van der Waals surface area contributed by atoms with Crippen LogP contribution in [0, 0.1) is 235 Å². The molecule has 0 aliphatic carbocycles. The number of aromatic carboxylic acids is 1. The Morgan fingerprint density at radius 2 is 0.728 bits per heavy atom. The second kappa shape index (κ2) is 51.4. The van der Waals surface area contributed by atoms with Crippen molar-refractivity contribution < 1.29 is 66.2 Å². The molecule has 6 rings (SSSR count). The predicted octanol–water partition coefficient (Wildman–Crippen LogP) is 1.71. The number of esters is 1. The summed E-state index contributed by atoms with van der Waals surface area (Å²) in [4.78, 5) is 43.4. The van der Waals surface area contributed by atoms with E-state index in [9.17, 15) is 14.7 Å². The molecule has 0 saturated carbocycles. The van der Waals surface area contributed by atoms with Crippen molar-refractivity contribution in [3.8, 4) is 249 Å². The summed E-state index contributed by atoms with van der Waals surface area (Å²) in [6.07, 6.45) is 25.8. The van der Waals surface area contributed by atoms with Gasteiger partial charge in [-0.1, -0.05) is 5.92 Å². The van der Waals surface area contributed by atoms with Gasteiger partial charge in [-0.25, -0.2) is 34.7 Å². The largest absolute Gasteiger partial charge is 1.00 e. The molecule has 0 radical (unpaired) electrons. The number of imidazole rings is 3. The van der Waals surface area contributed by atoms with Gasteiger partial charge in [0.15, 0.2) is 22.8 Å². The number of aryl methyl sites for hydroxylation is 3. The number of aromatic nitrogens is 9. The second-order valence-electron chi connectivity index (χ2n) is 15.1. The number of H-pyrrole nitrogens is 3. The van der Waals surface area contributed by atoms with Crippen LogP contribution in [0.3, 0.4) is 0 Å². The molecule has 3 atom stereocenters. The van der Waals surface area contributed by atoms with Crippen molar-refractivity contribution >= 4 is 61.6 Å². The van der Waals surface area contributed by atoms with Crippen molar-refractivity contribution in [2.24, 2.45) is 0 Å². The van der Waals surface area contributed by atoms with E-state index in [1.165, 1.54) is 27.4 Å². The Labute approximate surface area is 566 Å². The van der Waals surface area contributed by atoms with Crippen LogP contribution in [0.1, 0.15) is 45.0 Å². The first-order valence-corrected chi connectivity index (χ1v) is 31.7. The van der Waals surface area contributed by atoms with Crippen molar-refractivity contribution in [2.45, 2.75) is 27.7 Å². The van der Waals surface area contributed by atoms with E-state index in [2.05, 4.69) is 273 Å². The molecule has 0 aliphatic heterocycles. The van der Waals surface area contributed by atoms with Crippen LogP contribution < -0.4 is 51.9 Å². The smallest absolute Gasteiger partial charge is 0.543 e. The fourth-order valence-electron chi connectivity index (χ4n) is 5.38. The molecular weight excluding hydrogens is 1290 g/mol. The minimum absolute atomic E-state index is 0. The number of nitrogens with one attached hydrogen (secondary N) is 3. The average Bonchev–Trinajstić information content (AvgIpc) is 1.75. The number of methoxy groups -OCH3 is 4. The Hall–Kier alpha value is -11.7. The SMILES string of the molecule is C#CC#CC#CC#CC#CC#CC#CC#CC#C.C#CC#CC#CC#CC#CC#CC#CC#CC#CC.COC(=O)c1ccc(-[n+]2c[nH]c(C)c2)c(OC)n1.COc1nc(Br)ccc1-[n+]1c[nH]c(C)c1.COc1nc(C(=O)[O-])ccc1-[n+]1c[nH]c(C)c1.PP(P)P.[Li+]. The summed E-state index contributed by atoms with van der Waals surface area (Å²) in [7, 11) is 13.8. The van der Waals surface area contributed by atoms with Crippen molar-refractivity contribution in [3.63, 3.8) is 0 Å². The molecule has 0 aliphatic rings. The van der Waals surface area contributed by atoms with Crippen LogP contribution in [-0.4, -0.2) is 70.3 Å². The molecule has 0 spiro atoms. The van der Waals surface area contributed by atoms with Crippen LogP contribution in [0.2, 0.25) is 0 Å². The van der Waals surface area contributed by atoms with Gasteiger partial charge in [-0.15, -0.1) is 46.1 Å². The molecule has 16 nitrogen and oxygen atoms in total. The quantitative estimate of drug-likeness (QED) is 0.0506. The number of halogens is 1. The summed E-state index contributed by atoms with van der Waals surface area (Å²) in [5.74, 6) is 79.5. The van der Waals surface area contributed by atoms with Gasteiger partial charge in [0.25, 0.3) is 17.6 Å². The van der Waals surface area contributed by atoms with E-state index in [0.29, 0.717) is 17.4 Å². The van der Waals surface area contributed by atoms with Crippen molar-refractivity contribution in [2.75, 3.05) is 28.4 Å². The van der Waals surface area contributed by atoms with Gasteiger partial charge in [0, 0.05) is 20.8 Å². The number of terminal acetylenes is 3. The van der Waals surface area contributed by atoms with Gasteiger partial charge in [0.2, 0.25) is 19.0 Å². The minimum Gasteiger partial charge on any atom is -0.543 e. The first-order valence-electron chi connectivity index (χ1n) is 24.7. The Morgan fingerprint density at radius 3 is 0.978 bits per heavy atom. The zero-order chi connectivity index (χ0) is 67.3. The van der Waals surface area contributed by atoms with E-state index < -0.39 is 11.9 Å². The third-order valence-electron chi connectivity index (χ3n) is 8.83. The molecular formula is C70H48BrLiN9O7P4+3. The van der Waals surface area contributed by atoms with E-state index in [1.54, 1.807) is 49.5 Å². The van der Waals surface area contributed by atoms with Crippen LogP contribution in [0.15, 0.2) is 78.6 Å². The Kier molecular flexibility index (Phi) is 44.8. The molecule has 6 aromatic rings. The van der Waals surface area contributed by atoms with Gasteiger partial charge in [0.1, 0.15) is 40.3 Å². The van der Waals surface area contributed by atoms with Crippen LogP contribution >= 0.6 is 49.7 Å². The van der Waals surface area contributed by atoms with E-state index in [0.717, 1.165) is 33.1 Å². The third kappa shape index (κ3) is 36.4. The van der Waals surface area contributed by atoms with Crippen LogP contribution in [0.4, 0.5) is 0 Å².